The molecule has 0 aromatic rings. The van der Waals surface area contributed by atoms with Crippen molar-refractivity contribution in [2.24, 2.45) is 5.92 Å². The summed E-state index contributed by atoms with van der Waals surface area (Å²) in [4.78, 5) is 0. The van der Waals surface area contributed by atoms with E-state index >= 15 is 0 Å². The quantitative estimate of drug-likeness (QED) is 0.501. The molecule has 1 N–H and O–H groups in total. The van der Waals surface area contributed by atoms with Crippen molar-refractivity contribution in [3.8, 4) is 0 Å². The summed E-state index contributed by atoms with van der Waals surface area (Å²) in [5.41, 5.74) is 0. The number of rotatable bonds is 1. The van der Waals surface area contributed by atoms with Crippen LogP contribution in [0.1, 0.15) is 13.3 Å². The Morgan fingerprint density at radius 3 is 2.75 bits per heavy atom. The zero-order chi connectivity index (χ0) is 5.98. The van der Waals surface area contributed by atoms with Gasteiger partial charge in [0.25, 0.3) is 0 Å². The lowest BCUT2D eigenvalue weighted by Gasteiger charge is -1.97. The van der Waals surface area contributed by atoms with Gasteiger partial charge in [-0.3, -0.25) is 0 Å². The minimum Gasteiger partial charge on any atom is -0.314 e. The molecule has 1 saturated heterocycles. The van der Waals surface area contributed by atoms with Gasteiger partial charge >= 0.3 is 0 Å². The van der Waals surface area contributed by atoms with Gasteiger partial charge in [-0.2, -0.15) is 0 Å². The van der Waals surface area contributed by atoms with Gasteiger partial charge in [-0.15, -0.1) is 6.58 Å². The molecule has 1 aliphatic heterocycles. The Labute approximate surface area is 50.8 Å². The smallest absolute Gasteiger partial charge is 0.00450 e. The van der Waals surface area contributed by atoms with Gasteiger partial charge in [-0.05, 0) is 19.3 Å². The molecule has 0 bridgehead atoms. The van der Waals surface area contributed by atoms with Crippen LogP contribution in [0.3, 0.4) is 0 Å². The predicted octanol–water partition coefficient (Wildman–Crippen LogP) is 1.17. The number of hydrogen-bond donors (Lipinski definition) is 1. The molecule has 46 valence electrons. The second kappa shape index (κ2) is 2.31. The van der Waals surface area contributed by atoms with Gasteiger partial charge in [0.2, 0.25) is 0 Å². The van der Waals surface area contributed by atoms with E-state index in [0.29, 0.717) is 6.04 Å². The summed E-state index contributed by atoms with van der Waals surface area (Å²) >= 11 is 0. The summed E-state index contributed by atoms with van der Waals surface area (Å²) in [5.74, 6) is 0.727. The highest BCUT2D eigenvalue weighted by molar-refractivity contribution is 4.89. The van der Waals surface area contributed by atoms with Crippen molar-refractivity contribution in [1.29, 1.82) is 0 Å². The van der Waals surface area contributed by atoms with Crippen LogP contribution in [-0.4, -0.2) is 12.6 Å². The van der Waals surface area contributed by atoms with Crippen molar-refractivity contribution >= 4 is 0 Å². The highest BCUT2D eigenvalue weighted by Crippen LogP contribution is 2.12. The summed E-state index contributed by atoms with van der Waals surface area (Å²) in [5, 5.41) is 3.35. The zero-order valence-electron chi connectivity index (χ0n) is 5.35. The normalized spacial score (nSPS) is 37.6. The van der Waals surface area contributed by atoms with E-state index in [1.165, 1.54) is 6.42 Å². The van der Waals surface area contributed by atoms with E-state index in [9.17, 15) is 0 Å². The lowest BCUT2D eigenvalue weighted by Crippen LogP contribution is -2.16. The van der Waals surface area contributed by atoms with Crippen molar-refractivity contribution in [3.05, 3.63) is 12.7 Å². The van der Waals surface area contributed by atoms with Crippen molar-refractivity contribution in [2.45, 2.75) is 19.4 Å². The molecule has 0 aliphatic carbocycles. The van der Waals surface area contributed by atoms with Gasteiger partial charge < -0.3 is 5.32 Å². The van der Waals surface area contributed by atoms with Crippen molar-refractivity contribution < 1.29 is 0 Å². The fraction of sp³-hybridized carbons (Fsp3) is 0.714. The van der Waals surface area contributed by atoms with Crippen molar-refractivity contribution in [1.82, 2.24) is 5.32 Å². The molecule has 0 amide bonds. The van der Waals surface area contributed by atoms with Crippen LogP contribution >= 0.6 is 0 Å². The van der Waals surface area contributed by atoms with Gasteiger partial charge in [-0.1, -0.05) is 6.08 Å². The molecule has 1 aliphatic rings. The van der Waals surface area contributed by atoms with E-state index in [0.717, 1.165) is 12.5 Å². The molecule has 0 spiro atoms. The van der Waals surface area contributed by atoms with Crippen LogP contribution in [-0.2, 0) is 0 Å². The molecule has 1 nitrogen and oxygen atoms in total. The van der Waals surface area contributed by atoms with E-state index < -0.39 is 0 Å². The SMILES string of the molecule is C=CC1CN[C@@H](C)C1. The first-order valence-electron chi connectivity index (χ1n) is 3.19. The van der Waals surface area contributed by atoms with Crippen LogP contribution in [0.2, 0.25) is 0 Å². The van der Waals surface area contributed by atoms with E-state index in [-0.39, 0.29) is 0 Å². The van der Waals surface area contributed by atoms with Gasteiger partial charge in [0, 0.05) is 12.6 Å². The molecular weight excluding hydrogens is 98.1 g/mol. The highest BCUT2D eigenvalue weighted by Gasteiger charge is 2.16. The standard InChI is InChI=1S/C7H13N/c1-3-7-4-6(2)8-5-7/h3,6-8H,1,4-5H2,2H3/t6-,7?/m0/s1. The molecule has 1 unspecified atom stereocenters. The van der Waals surface area contributed by atoms with Crippen LogP contribution in [0.25, 0.3) is 0 Å². The molecule has 1 heteroatoms. The fourth-order valence-electron chi connectivity index (χ4n) is 1.15. The van der Waals surface area contributed by atoms with Crippen LogP contribution in [0.4, 0.5) is 0 Å². The molecule has 0 radical (unpaired) electrons. The Kier molecular flexibility index (Phi) is 1.69. The maximum absolute atomic E-state index is 3.74. The highest BCUT2D eigenvalue weighted by atomic mass is 14.9. The van der Waals surface area contributed by atoms with Gasteiger partial charge in [0.1, 0.15) is 0 Å². The second-order valence-electron chi connectivity index (χ2n) is 2.54. The minimum atomic E-state index is 0.706. The van der Waals surface area contributed by atoms with E-state index in [4.69, 9.17) is 0 Å². The minimum absolute atomic E-state index is 0.706. The van der Waals surface area contributed by atoms with Crippen LogP contribution in [0, 0.1) is 5.92 Å². The Balaban J connectivity index is 2.32. The first-order chi connectivity index (χ1) is 3.83. The molecule has 8 heavy (non-hydrogen) atoms. The van der Waals surface area contributed by atoms with Crippen molar-refractivity contribution in [3.63, 3.8) is 0 Å². The Bertz CT molecular complexity index is 88.4. The Morgan fingerprint density at radius 2 is 2.50 bits per heavy atom. The second-order valence-corrected chi connectivity index (χ2v) is 2.54. The molecule has 2 atom stereocenters. The topological polar surface area (TPSA) is 12.0 Å². The lowest BCUT2D eigenvalue weighted by molar-refractivity contribution is 0.653. The Hall–Kier alpha value is -0.300. The molecule has 0 saturated carbocycles. The zero-order valence-corrected chi connectivity index (χ0v) is 5.35. The van der Waals surface area contributed by atoms with Crippen molar-refractivity contribution in [2.75, 3.05) is 6.54 Å². The average molecular weight is 111 g/mol. The first kappa shape index (κ1) is 5.83. The summed E-state index contributed by atoms with van der Waals surface area (Å²) in [6, 6.07) is 0.706. The third-order valence-corrected chi connectivity index (χ3v) is 1.72. The van der Waals surface area contributed by atoms with Crippen LogP contribution < -0.4 is 5.32 Å². The fourth-order valence-corrected chi connectivity index (χ4v) is 1.15. The van der Waals surface area contributed by atoms with Gasteiger partial charge in [-0.25, -0.2) is 0 Å². The molecule has 1 heterocycles. The maximum atomic E-state index is 3.74. The molecule has 1 fully saturated rings. The van der Waals surface area contributed by atoms with Crippen LogP contribution in [0.15, 0.2) is 12.7 Å². The van der Waals surface area contributed by atoms with Gasteiger partial charge in [0.15, 0.2) is 0 Å². The molecule has 0 aromatic heterocycles. The summed E-state index contributed by atoms with van der Waals surface area (Å²) in [6.07, 6.45) is 3.31. The molecule has 1 rings (SSSR count). The third kappa shape index (κ3) is 1.10. The third-order valence-electron chi connectivity index (χ3n) is 1.72. The maximum Gasteiger partial charge on any atom is 0.00450 e. The number of nitrogens with one attached hydrogen (secondary N) is 1. The van der Waals surface area contributed by atoms with E-state index in [1.807, 2.05) is 6.08 Å². The predicted molar refractivity (Wildman–Crippen MR) is 35.8 cm³/mol. The molecular formula is C7H13N. The Morgan fingerprint density at radius 1 is 1.75 bits per heavy atom. The average Bonchev–Trinajstić information content (AvgIpc) is 2.14. The summed E-state index contributed by atoms with van der Waals surface area (Å²) < 4.78 is 0. The monoisotopic (exact) mass is 111 g/mol. The summed E-state index contributed by atoms with van der Waals surface area (Å²) in [6.45, 7) is 7.08. The van der Waals surface area contributed by atoms with E-state index in [2.05, 4.69) is 18.8 Å². The summed E-state index contributed by atoms with van der Waals surface area (Å²) in [7, 11) is 0. The van der Waals surface area contributed by atoms with Gasteiger partial charge in [0.05, 0.1) is 0 Å². The van der Waals surface area contributed by atoms with E-state index in [1.54, 1.807) is 0 Å². The first-order valence-corrected chi connectivity index (χ1v) is 3.19. The largest absolute Gasteiger partial charge is 0.314 e. The number of hydrogen-bond acceptors (Lipinski definition) is 1. The van der Waals surface area contributed by atoms with Crippen LogP contribution in [0.5, 0.6) is 0 Å². The lowest BCUT2D eigenvalue weighted by atomic mass is 10.1. The molecule has 0 aromatic carbocycles.